The van der Waals surface area contributed by atoms with E-state index in [1.165, 1.54) is 0 Å². The smallest absolute Gasteiger partial charge is 0.273 e. The zero-order valence-corrected chi connectivity index (χ0v) is 13.6. The lowest BCUT2D eigenvalue weighted by molar-refractivity contribution is 0.101. The molecule has 0 aliphatic rings. The van der Waals surface area contributed by atoms with Gasteiger partial charge in [-0.1, -0.05) is 12.1 Å². The SMILES string of the molecule is Cc1cc(C(=O)Nc2cccc(OCc3cccnc3)c2)n(C)n1. The summed E-state index contributed by atoms with van der Waals surface area (Å²) in [5.74, 6) is 0.473. The van der Waals surface area contributed by atoms with Gasteiger partial charge < -0.3 is 10.1 Å². The number of ether oxygens (including phenoxy) is 1. The van der Waals surface area contributed by atoms with Gasteiger partial charge in [-0.25, -0.2) is 0 Å². The van der Waals surface area contributed by atoms with E-state index in [1.807, 2.05) is 37.3 Å². The van der Waals surface area contributed by atoms with E-state index in [0.717, 1.165) is 11.3 Å². The summed E-state index contributed by atoms with van der Waals surface area (Å²) in [4.78, 5) is 16.4. The summed E-state index contributed by atoms with van der Waals surface area (Å²) < 4.78 is 7.30. The second-order valence-corrected chi connectivity index (χ2v) is 5.43. The molecule has 2 heterocycles. The predicted octanol–water partition coefficient (Wildman–Crippen LogP) is 2.95. The van der Waals surface area contributed by atoms with Crippen LogP contribution in [0.3, 0.4) is 0 Å². The van der Waals surface area contributed by atoms with E-state index in [4.69, 9.17) is 4.74 Å². The van der Waals surface area contributed by atoms with Gasteiger partial charge in [0.15, 0.2) is 0 Å². The number of rotatable bonds is 5. The molecule has 6 nitrogen and oxygen atoms in total. The highest BCUT2D eigenvalue weighted by atomic mass is 16.5. The van der Waals surface area contributed by atoms with Gasteiger partial charge in [0.25, 0.3) is 5.91 Å². The second-order valence-electron chi connectivity index (χ2n) is 5.43. The summed E-state index contributed by atoms with van der Waals surface area (Å²) in [7, 11) is 1.75. The average molecular weight is 322 g/mol. The molecule has 0 saturated heterocycles. The normalized spacial score (nSPS) is 10.4. The van der Waals surface area contributed by atoms with Crippen LogP contribution in [-0.2, 0) is 13.7 Å². The summed E-state index contributed by atoms with van der Waals surface area (Å²) >= 11 is 0. The molecule has 1 amide bonds. The molecule has 0 bridgehead atoms. The maximum absolute atomic E-state index is 12.3. The highest BCUT2D eigenvalue weighted by Crippen LogP contribution is 2.19. The molecule has 3 aromatic rings. The lowest BCUT2D eigenvalue weighted by Gasteiger charge is -2.09. The molecule has 0 fully saturated rings. The highest BCUT2D eigenvalue weighted by molar-refractivity contribution is 6.03. The van der Waals surface area contributed by atoms with Crippen molar-refractivity contribution in [3.05, 3.63) is 71.8 Å². The molecule has 0 atom stereocenters. The van der Waals surface area contributed by atoms with Gasteiger partial charge in [0.2, 0.25) is 0 Å². The third kappa shape index (κ3) is 3.78. The van der Waals surface area contributed by atoms with Gasteiger partial charge in [-0.15, -0.1) is 0 Å². The van der Waals surface area contributed by atoms with Crippen LogP contribution in [0.15, 0.2) is 54.9 Å². The molecule has 2 aromatic heterocycles. The molecule has 1 aromatic carbocycles. The maximum atomic E-state index is 12.3. The van der Waals surface area contributed by atoms with Gasteiger partial charge in [0.1, 0.15) is 18.1 Å². The fourth-order valence-electron chi connectivity index (χ4n) is 2.33. The number of pyridine rings is 1. The van der Waals surface area contributed by atoms with Crippen molar-refractivity contribution in [1.82, 2.24) is 14.8 Å². The Bertz CT molecular complexity index is 843. The van der Waals surface area contributed by atoms with Gasteiger partial charge in [0.05, 0.1) is 5.69 Å². The minimum absolute atomic E-state index is 0.206. The summed E-state index contributed by atoms with van der Waals surface area (Å²) in [5.41, 5.74) is 2.96. The quantitative estimate of drug-likeness (QED) is 0.784. The Morgan fingerprint density at radius 3 is 2.83 bits per heavy atom. The van der Waals surface area contributed by atoms with Crippen LogP contribution in [0.5, 0.6) is 5.75 Å². The zero-order valence-electron chi connectivity index (χ0n) is 13.6. The van der Waals surface area contributed by atoms with Gasteiger partial charge in [-0.05, 0) is 31.2 Å². The standard InChI is InChI=1S/C18H18N4O2/c1-13-9-17(22(2)21-13)18(23)20-15-6-3-7-16(10-15)24-12-14-5-4-8-19-11-14/h3-11H,12H2,1-2H3,(H,20,23). The Labute approximate surface area is 140 Å². The third-order valence-electron chi connectivity index (χ3n) is 3.45. The molecule has 0 aliphatic carbocycles. The summed E-state index contributed by atoms with van der Waals surface area (Å²) in [6.07, 6.45) is 3.48. The number of anilines is 1. The van der Waals surface area contributed by atoms with Crippen LogP contribution in [0.2, 0.25) is 0 Å². The van der Waals surface area contributed by atoms with Gasteiger partial charge in [0, 0.05) is 36.8 Å². The van der Waals surface area contributed by atoms with E-state index in [9.17, 15) is 4.79 Å². The summed E-state index contributed by atoms with van der Waals surface area (Å²) in [5, 5.41) is 7.04. The molecule has 1 N–H and O–H groups in total. The fraction of sp³-hybridized carbons (Fsp3) is 0.167. The number of aromatic nitrogens is 3. The summed E-state index contributed by atoms with van der Waals surface area (Å²) in [6, 6.07) is 12.9. The first-order valence-electron chi connectivity index (χ1n) is 7.55. The number of hydrogen-bond acceptors (Lipinski definition) is 4. The van der Waals surface area contributed by atoms with E-state index >= 15 is 0 Å². The molecular weight excluding hydrogens is 304 g/mol. The predicted molar refractivity (Wildman–Crippen MR) is 90.9 cm³/mol. The third-order valence-corrected chi connectivity index (χ3v) is 3.45. The highest BCUT2D eigenvalue weighted by Gasteiger charge is 2.12. The largest absolute Gasteiger partial charge is 0.489 e. The number of nitrogens with one attached hydrogen (secondary N) is 1. The number of aryl methyl sites for hydroxylation is 2. The van der Waals surface area contributed by atoms with Crippen molar-refractivity contribution >= 4 is 11.6 Å². The van der Waals surface area contributed by atoms with Gasteiger partial charge in [-0.3, -0.25) is 14.5 Å². The maximum Gasteiger partial charge on any atom is 0.273 e. The fourth-order valence-corrected chi connectivity index (χ4v) is 2.33. The van der Waals surface area contributed by atoms with Crippen LogP contribution in [-0.4, -0.2) is 20.7 Å². The van der Waals surface area contributed by atoms with Crippen LogP contribution in [0, 0.1) is 6.92 Å². The number of carbonyl (C=O) groups is 1. The van der Waals surface area contributed by atoms with Crippen molar-refractivity contribution in [2.75, 3.05) is 5.32 Å². The van der Waals surface area contributed by atoms with Gasteiger partial charge >= 0.3 is 0 Å². The van der Waals surface area contributed by atoms with Crippen molar-refractivity contribution < 1.29 is 9.53 Å². The molecular formula is C18H18N4O2. The Morgan fingerprint density at radius 1 is 1.25 bits per heavy atom. The lowest BCUT2D eigenvalue weighted by atomic mass is 10.2. The van der Waals surface area contributed by atoms with Crippen LogP contribution in [0.4, 0.5) is 5.69 Å². The number of hydrogen-bond donors (Lipinski definition) is 1. The molecule has 0 saturated carbocycles. The minimum atomic E-state index is -0.206. The number of benzene rings is 1. The number of nitrogens with zero attached hydrogens (tertiary/aromatic N) is 3. The van der Waals surface area contributed by atoms with E-state index in [1.54, 1.807) is 36.3 Å². The Kier molecular flexibility index (Phi) is 4.56. The number of carbonyl (C=O) groups excluding carboxylic acids is 1. The van der Waals surface area contributed by atoms with E-state index in [-0.39, 0.29) is 5.91 Å². The lowest BCUT2D eigenvalue weighted by Crippen LogP contribution is -2.16. The molecule has 0 radical (unpaired) electrons. The van der Waals surface area contributed by atoms with Crippen LogP contribution >= 0.6 is 0 Å². The molecule has 6 heteroatoms. The monoisotopic (exact) mass is 322 g/mol. The summed E-state index contributed by atoms with van der Waals surface area (Å²) in [6.45, 7) is 2.27. The Morgan fingerprint density at radius 2 is 2.12 bits per heavy atom. The van der Waals surface area contributed by atoms with E-state index < -0.39 is 0 Å². The molecule has 24 heavy (non-hydrogen) atoms. The van der Waals surface area contributed by atoms with Crippen LogP contribution in [0.25, 0.3) is 0 Å². The Balaban J connectivity index is 1.67. The first kappa shape index (κ1) is 15.7. The van der Waals surface area contributed by atoms with Crippen molar-refractivity contribution in [1.29, 1.82) is 0 Å². The molecule has 0 spiro atoms. The topological polar surface area (TPSA) is 69.0 Å². The first-order chi connectivity index (χ1) is 11.6. The zero-order chi connectivity index (χ0) is 16.9. The van der Waals surface area contributed by atoms with Crippen molar-refractivity contribution in [2.24, 2.45) is 7.05 Å². The molecule has 0 unspecified atom stereocenters. The second kappa shape index (κ2) is 6.95. The average Bonchev–Trinajstić information content (AvgIpc) is 2.93. The van der Waals surface area contributed by atoms with Crippen molar-refractivity contribution in [2.45, 2.75) is 13.5 Å². The van der Waals surface area contributed by atoms with Crippen LogP contribution in [0.1, 0.15) is 21.7 Å². The number of amides is 1. The van der Waals surface area contributed by atoms with E-state index in [2.05, 4.69) is 15.4 Å². The Hall–Kier alpha value is -3.15. The van der Waals surface area contributed by atoms with Crippen molar-refractivity contribution in [3.63, 3.8) is 0 Å². The van der Waals surface area contributed by atoms with Crippen molar-refractivity contribution in [3.8, 4) is 5.75 Å². The van der Waals surface area contributed by atoms with Crippen LogP contribution < -0.4 is 10.1 Å². The molecule has 3 rings (SSSR count). The van der Waals surface area contributed by atoms with E-state index in [0.29, 0.717) is 23.7 Å². The molecule has 122 valence electrons. The first-order valence-corrected chi connectivity index (χ1v) is 7.55. The van der Waals surface area contributed by atoms with Gasteiger partial charge in [-0.2, -0.15) is 5.10 Å². The minimum Gasteiger partial charge on any atom is -0.489 e. The molecule has 0 aliphatic heterocycles.